The third-order valence-corrected chi connectivity index (χ3v) is 4.52. The molecule has 0 aromatic rings. The minimum atomic E-state index is -0.0167. The summed E-state index contributed by atoms with van der Waals surface area (Å²) in [5, 5.41) is 2.78. The Morgan fingerprint density at radius 3 is 1.43 bits per heavy atom. The first kappa shape index (κ1) is 35.1. The van der Waals surface area contributed by atoms with E-state index < -0.39 is 0 Å². The Bertz CT molecular complexity index is 547. The lowest BCUT2D eigenvalue weighted by atomic mass is 10.2. The van der Waals surface area contributed by atoms with Crippen LogP contribution >= 0.6 is 0 Å². The molecule has 0 heterocycles. The highest BCUT2D eigenvalue weighted by Gasteiger charge is 2.00. The van der Waals surface area contributed by atoms with Gasteiger partial charge in [-0.15, -0.1) is 0 Å². The van der Waals surface area contributed by atoms with E-state index in [0.717, 1.165) is 19.1 Å². The van der Waals surface area contributed by atoms with Crippen LogP contribution in [-0.4, -0.2) is 118 Å². The normalized spacial score (nSPS) is 10.8. The number of carbonyl (C=O) groups excluding carboxylic acids is 2. The first-order chi connectivity index (χ1) is 18.2. The zero-order chi connectivity index (χ0) is 27.1. The van der Waals surface area contributed by atoms with Crippen LogP contribution in [0.3, 0.4) is 0 Å². The lowest BCUT2D eigenvalue weighted by molar-refractivity contribution is -0.121. The van der Waals surface area contributed by atoms with E-state index in [2.05, 4.69) is 18.5 Å². The molecule has 0 aromatic heterocycles. The molecule has 0 atom stereocenters. The summed E-state index contributed by atoms with van der Waals surface area (Å²) in [6.45, 7) is 14.9. The minimum Gasteiger partial charge on any atom is -0.492 e. The van der Waals surface area contributed by atoms with E-state index >= 15 is 0 Å². The van der Waals surface area contributed by atoms with Crippen molar-refractivity contribution in [2.75, 3.05) is 106 Å². The molecule has 0 aromatic carbocycles. The van der Waals surface area contributed by atoms with Crippen molar-refractivity contribution in [2.45, 2.75) is 25.7 Å². The van der Waals surface area contributed by atoms with Crippen molar-refractivity contribution in [1.82, 2.24) is 5.32 Å². The molecule has 216 valence electrons. The highest BCUT2D eigenvalue weighted by Crippen LogP contribution is 1.97. The topological polar surface area (TPSA) is 120 Å². The summed E-state index contributed by atoms with van der Waals surface area (Å²) in [4.78, 5) is 21.7. The Kier molecular flexibility index (Phi) is 28.8. The Balaban J connectivity index is 3.10. The van der Waals surface area contributed by atoms with Crippen molar-refractivity contribution in [2.24, 2.45) is 0 Å². The molecular weight excluding hydrogens is 486 g/mol. The van der Waals surface area contributed by atoms with Crippen LogP contribution in [0.1, 0.15) is 25.7 Å². The van der Waals surface area contributed by atoms with Gasteiger partial charge in [0.25, 0.3) is 0 Å². The van der Waals surface area contributed by atoms with Gasteiger partial charge in [0.15, 0.2) is 0 Å². The Hall–Kier alpha value is -1.86. The molecule has 0 saturated heterocycles. The molecular formula is C26H47NO10. The first-order valence-corrected chi connectivity index (χ1v) is 12.9. The maximum atomic E-state index is 11.5. The van der Waals surface area contributed by atoms with Crippen molar-refractivity contribution in [1.29, 1.82) is 0 Å². The predicted molar refractivity (Wildman–Crippen MR) is 139 cm³/mol. The van der Waals surface area contributed by atoms with E-state index in [9.17, 15) is 9.59 Å². The van der Waals surface area contributed by atoms with Crippen LogP contribution in [0, 0.1) is 0 Å². The van der Waals surface area contributed by atoms with Crippen LogP contribution in [0.15, 0.2) is 25.0 Å². The summed E-state index contributed by atoms with van der Waals surface area (Å²) in [5.41, 5.74) is 0. The highest BCUT2D eigenvalue weighted by atomic mass is 16.6. The summed E-state index contributed by atoms with van der Waals surface area (Å²) in [5.74, 6) is 0.520. The fraction of sp³-hybridized carbons (Fsp3) is 0.769. The van der Waals surface area contributed by atoms with Gasteiger partial charge >= 0.3 is 0 Å². The summed E-state index contributed by atoms with van der Waals surface area (Å²) < 4.78 is 43.1. The van der Waals surface area contributed by atoms with Gasteiger partial charge in [0, 0.05) is 19.4 Å². The Morgan fingerprint density at radius 1 is 0.622 bits per heavy atom. The number of allylic oxidation sites excluding steroid dienone is 1. The zero-order valence-electron chi connectivity index (χ0n) is 22.3. The number of nitrogens with one attached hydrogen (secondary N) is 1. The van der Waals surface area contributed by atoms with Crippen LogP contribution < -0.4 is 5.32 Å². The molecule has 0 aliphatic heterocycles. The lowest BCUT2D eigenvalue weighted by Gasteiger charge is -2.09. The summed E-state index contributed by atoms with van der Waals surface area (Å²) in [7, 11) is 0. The van der Waals surface area contributed by atoms with Crippen molar-refractivity contribution in [3.05, 3.63) is 25.0 Å². The average molecular weight is 534 g/mol. The van der Waals surface area contributed by atoms with E-state index in [1.54, 1.807) is 6.08 Å². The van der Waals surface area contributed by atoms with Gasteiger partial charge in [0.05, 0.1) is 92.5 Å². The molecule has 11 heteroatoms. The Labute approximate surface area is 221 Å². The number of rotatable bonds is 31. The third-order valence-electron chi connectivity index (χ3n) is 4.52. The number of carbonyl (C=O) groups is 2. The zero-order valence-corrected chi connectivity index (χ0v) is 22.3. The van der Waals surface area contributed by atoms with E-state index in [-0.39, 0.29) is 5.91 Å². The summed E-state index contributed by atoms with van der Waals surface area (Å²) >= 11 is 0. The summed E-state index contributed by atoms with van der Waals surface area (Å²) in [6.07, 6.45) is 4.84. The molecule has 0 rings (SSSR count). The molecule has 37 heavy (non-hydrogen) atoms. The van der Waals surface area contributed by atoms with Gasteiger partial charge in [-0.2, -0.15) is 0 Å². The van der Waals surface area contributed by atoms with E-state index in [1.807, 2.05) is 0 Å². The molecule has 0 unspecified atom stereocenters. The van der Waals surface area contributed by atoms with Gasteiger partial charge < -0.3 is 48.0 Å². The fourth-order valence-corrected chi connectivity index (χ4v) is 2.58. The van der Waals surface area contributed by atoms with Crippen LogP contribution in [-0.2, 0) is 47.5 Å². The van der Waals surface area contributed by atoms with Crippen molar-refractivity contribution in [3.63, 3.8) is 0 Å². The van der Waals surface area contributed by atoms with Gasteiger partial charge in [-0.3, -0.25) is 4.79 Å². The smallest absolute Gasteiger partial charge is 0.220 e. The molecule has 1 amide bonds. The van der Waals surface area contributed by atoms with Crippen LogP contribution in [0.5, 0.6) is 0 Å². The third kappa shape index (κ3) is 30.3. The second-order valence-corrected chi connectivity index (χ2v) is 7.57. The van der Waals surface area contributed by atoms with Gasteiger partial charge in [0.1, 0.15) is 18.7 Å². The molecule has 0 fully saturated rings. The van der Waals surface area contributed by atoms with E-state index in [0.29, 0.717) is 124 Å². The molecule has 0 spiro atoms. The monoisotopic (exact) mass is 533 g/mol. The van der Waals surface area contributed by atoms with Gasteiger partial charge in [-0.25, -0.2) is 0 Å². The maximum absolute atomic E-state index is 11.5. The first-order valence-electron chi connectivity index (χ1n) is 12.9. The molecule has 0 aliphatic carbocycles. The van der Waals surface area contributed by atoms with E-state index in [1.165, 1.54) is 0 Å². The standard InChI is InChI=1S/C26H47NO10/c1-3-25(2)37-24-23-36-22-21-35-20-19-34-18-17-33-16-15-32-14-13-31-12-11-30-10-8-27-26(29)7-5-4-6-9-28/h3,9H,1-2,4-8,10-24H2,(H,27,29). The SMILES string of the molecule is C=CC(=C)OCCOCCOCCOCCOCCOCCOCCOCCNC(=O)CCCCC=O. The molecule has 0 aliphatic rings. The Morgan fingerprint density at radius 2 is 1.03 bits per heavy atom. The predicted octanol–water partition coefficient (Wildman–Crippen LogP) is 1.69. The number of amides is 1. The van der Waals surface area contributed by atoms with Crippen molar-refractivity contribution in [3.8, 4) is 0 Å². The average Bonchev–Trinajstić information content (AvgIpc) is 2.90. The largest absolute Gasteiger partial charge is 0.492 e. The van der Waals surface area contributed by atoms with Crippen LogP contribution in [0.25, 0.3) is 0 Å². The fourth-order valence-electron chi connectivity index (χ4n) is 2.58. The maximum Gasteiger partial charge on any atom is 0.220 e. The summed E-state index contributed by atoms with van der Waals surface area (Å²) in [6, 6.07) is 0. The number of ether oxygens (including phenoxy) is 8. The molecule has 0 radical (unpaired) electrons. The van der Waals surface area contributed by atoms with Crippen molar-refractivity contribution < 1.29 is 47.5 Å². The molecule has 0 saturated carbocycles. The van der Waals surface area contributed by atoms with E-state index in [4.69, 9.17) is 37.9 Å². The molecule has 1 N–H and O–H groups in total. The minimum absolute atomic E-state index is 0.0167. The van der Waals surface area contributed by atoms with Gasteiger partial charge in [-0.05, 0) is 18.9 Å². The second kappa shape index (κ2) is 30.4. The number of hydrogen-bond donors (Lipinski definition) is 1. The lowest BCUT2D eigenvalue weighted by Crippen LogP contribution is -2.27. The second-order valence-electron chi connectivity index (χ2n) is 7.57. The molecule has 0 bridgehead atoms. The van der Waals surface area contributed by atoms with Gasteiger partial charge in [-0.1, -0.05) is 13.2 Å². The number of aldehydes is 1. The van der Waals surface area contributed by atoms with Crippen LogP contribution in [0.4, 0.5) is 0 Å². The number of hydrogen-bond acceptors (Lipinski definition) is 10. The highest BCUT2D eigenvalue weighted by molar-refractivity contribution is 5.75. The van der Waals surface area contributed by atoms with Crippen LogP contribution in [0.2, 0.25) is 0 Å². The van der Waals surface area contributed by atoms with Crippen molar-refractivity contribution >= 4 is 12.2 Å². The van der Waals surface area contributed by atoms with Gasteiger partial charge in [0.2, 0.25) is 5.91 Å². The molecule has 11 nitrogen and oxygen atoms in total. The quantitative estimate of drug-likeness (QED) is 0.0610. The number of unbranched alkanes of at least 4 members (excludes halogenated alkanes) is 2.